The molecule has 1 atom stereocenters. The van der Waals surface area contributed by atoms with E-state index in [1.54, 1.807) is 11.4 Å². The van der Waals surface area contributed by atoms with Crippen LogP contribution in [-0.2, 0) is 14.3 Å². The van der Waals surface area contributed by atoms with Crippen LogP contribution in [0.3, 0.4) is 0 Å². The van der Waals surface area contributed by atoms with E-state index in [2.05, 4.69) is 12.2 Å². The number of esters is 1. The van der Waals surface area contributed by atoms with E-state index < -0.39 is 17.9 Å². The van der Waals surface area contributed by atoms with Gasteiger partial charge in [0, 0.05) is 0 Å². The SMILES string of the molecule is CCCCC1CCC(C(=O)O[C@H](C)C(=O)Nc2sccc2C(N)=O)CC1. The number of carbonyl (C=O) groups is 3. The number of nitrogens with two attached hydrogens (primary N) is 1. The Balaban J connectivity index is 1.80. The molecule has 3 N–H and O–H groups in total. The quantitative estimate of drug-likeness (QED) is 0.672. The molecule has 1 aliphatic rings. The third-order valence-electron chi connectivity index (χ3n) is 4.98. The van der Waals surface area contributed by atoms with Crippen LogP contribution in [0.1, 0.15) is 69.2 Å². The topological polar surface area (TPSA) is 98.5 Å². The number of primary amides is 1. The number of hydrogen-bond acceptors (Lipinski definition) is 5. The Kier molecular flexibility index (Phi) is 7.63. The molecular weight excluding hydrogens is 352 g/mol. The summed E-state index contributed by atoms with van der Waals surface area (Å²) in [4.78, 5) is 35.9. The monoisotopic (exact) mass is 380 g/mol. The normalized spacial score (nSPS) is 21.0. The largest absolute Gasteiger partial charge is 0.452 e. The number of nitrogens with one attached hydrogen (secondary N) is 1. The minimum Gasteiger partial charge on any atom is -0.452 e. The molecule has 1 aliphatic carbocycles. The van der Waals surface area contributed by atoms with E-state index in [1.807, 2.05) is 0 Å². The van der Waals surface area contributed by atoms with Crippen molar-refractivity contribution in [3.05, 3.63) is 17.0 Å². The smallest absolute Gasteiger partial charge is 0.309 e. The van der Waals surface area contributed by atoms with E-state index in [0.29, 0.717) is 10.9 Å². The summed E-state index contributed by atoms with van der Waals surface area (Å²) in [6.45, 7) is 3.73. The Hall–Kier alpha value is -1.89. The van der Waals surface area contributed by atoms with Crippen molar-refractivity contribution in [3.63, 3.8) is 0 Å². The maximum absolute atomic E-state index is 12.3. The molecule has 1 aromatic heterocycles. The summed E-state index contributed by atoms with van der Waals surface area (Å²) in [7, 11) is 0. The highest BCUT2D eigenvalue weighted by Gasteiger charge is 2.29. The van der Waals surface area contributed by atoms with Gasteiger partial charge in [0.1, 0.15) is 5.00 Å². The second-order valence-corrected chi connectivity index (χ2v) is 7.87. The highest BCUT2D eigenvalue weighted by Crippen LogP contribution is 2.32. The summed E-state index contributed by atoms with van der Waals surface area (Å²) < 4.78 is 5.35. The Morgan fingerprint density at radius 2 is 2.00 bits per heavy atom. The van der Waals surface area contributed by atoms with Gasteiger partial charge in [0.15, 0.2) is 6.10 Å². The summed E-state index contributed by atoms with van der Waals surface area (Å²) in [6, 6.07) is 1.55. The third kappa shape index (κ3) is 5.56. The summed E-state index contributed by atoms with van der Waals surface area (Å²) >= 11 is 1.20. The molecule has 0 bridgehead atoms. The fourth-order valence-corrected chi connectivity index (χ4v) is 4.11. The second-order valence-electron chi connectivity index (χ2n) is 6.96. The first-order chi connectivity index (χ1) is 12.4. The molecule has 7 heteroatoms. The molecular formula is C19H28N2O4S. The molecule has 0 spiro atoms. The van der Waals surface area contributed by atoms with Crippen LogP contribution >= 0.6 is 11.3 Å². The van der Waals surface area contributed by atoms with Crippen molar-refractivity contribution in [2.45, 2.75) is 64.9 Å². The van der Waals surface area contributed by atoms with Gasteiger partial charge in [0.25, 0.3) is 11.8 Å². The first kappa shape index (κ1) is 20.4. The molecule has 1 saturated carbocycles. The van der Waals surface area contributed by atoms with E-state index in [4.69, 9.17) is 10.5 Å². The number of thiophene rings is 1. The van der Waals surface area contributed by atoms with Gasteiger partial charge in [-0.3, -0.25) is 14.4 Å². The maximum Gasteiger partial charge on any atom is 0.309 e. The molecule has 144 valence electrons. The van der Waals surface area contributed by atoms with Gasteiger partial charge in [-0.1, -0.05) is 26.2 Å². The van der Waals surface area contributed by atoms with Crippen molar-refractivity contribution in [2.75, 3.05) is 5.32 Å². The van der Waals surface area contributed by atoms with Crippen LogP contribution in [0.4, 0.5) is 5.00 Å². The molecule has 1 heterocycles. The zero-order valence-electron chi connectivity index (χ0n) is 15.5. The van der Waals surface area contributed by atoms with Crippen molar-refractivity contribution in [2.24, 2.45) is 17.6 Å². The summed E-state index contributed by atoms with van der Waals surface area (Å²) in [5.74, 6) is -0.773. The molecule has 26 heavy (non-hydrogen) atoms. The van der Waals surface area contributed by atoms with Crippen LogP contribution in [0.15, 0.2) is 11.4 Å². The van der Waals surface area contributed by atoms with Gasteiger partial charge in [-0.15, -0.1) is 11.3 Å². The lowest BCUT2D eigenvalue weighted by molar-refractivity contribution is -0.158. The van der Waals surface area contributed by atoms with Crippen molar-refractivity contribution < 1.29 is 19.1 Å². The second kappa shape index (κ2) is 9.71. The average molecular weight is 381 g/mol. The van der Waals surface area contributed by atoms with E-state index in [0.717, 1.165) is 25.7 Å². The number of anilines is 1. The Morgan fingerprint density at radius 3 is 2.62 bits per heavy atom. The van der Waals surface area contributed by atoms with Crippen LogP contribution in [0.2, 0.25) is 0 Å². The van der Waals surface area contributed by atoms with Gasteiger partial charge >= 0.3 is 5.97 Å². The molecule has 2 amide bonds. The van der Waals surface area contributed by atoms with Gasteiger partial charge < -0.3 is 15.8 Å². The first-order valence-corrected chi connectivity index (χ1v) is 10.2. The molecule has 0 radical (unpaired) electrons. The summed E-state index contributed by atoms with van der Waals surface area (Å²) in [6.07, 6.45) is 6.54. The molecule has 2 rings (SSSR count). The van der Waals surface area contributed by atoms with E-state index in [9.17, 15) is 14.4 Å². The third-order valence-corrected chi connectivity index (χ3v) is 5.81. The van der Waals surface area contributed by atoms with E-state index in [1.165, 1.54) is 37.5 Å². The van der Waals surface area contributed by atoms with Crippen LogP contribution in [0, 0.1) is 11.8 Å². The minimum absolute atomic E-state index is 0.119. The average Bonchev–Trinajstić information content (AvgIpc) is 3.08. The molecule has 0 saturated heterocycles. The van der Waals surface area contributed by atoms with Crippen LogP contribution in [0.5, 0.6) is 0 Å². The summed E-state index contributed by atoms with van der Waals surface area (Å²) in [5, 5.41) is 4.66. The predicted molar refractivity (Wildman–Crippen MR) is 102 cm³/mol. The van der Waals surface area contributed by atoms with Gasteiger partial charge in [-0.05, 0) is 50.0 Å². The number of hydrogen-bond donors (Lipinski definition) is 2. The van der Waals surface area contributed by atoms with E-state index in [-0.39, 0.29) is 17.5 Å². The fraction of sp³-hybridized carbons (Fsp3) is 0.632. The van der Waals surface area contributed by atoms with Gasteiger partial charge in [0.05, 0.1) is 11.5 Å². The number of amides is 2. The number of unbranched alkanes of at least 4 members (excludes halogenated alkanes) is 1. The molecule has 6 nitrogen and oxygen atoms in total. The lowest BCUT2D eigenvalue weighted by Crippen LogP contribution is -2.33. The Labute approximate surface area is 158 Å². The summed E-state index contributed by atoms with van der Waals surface area (Å²) in [5.41, 5.74) is 5.52. The van der Waals surface area contributed by atoms with E-state index >= 15 is 0 Å². The standard InChI is InChI=1S/C19H28N2O4S/c1-3-4-5-13-6-8-14(9-7-13)19(24)25-12(2)17(23)21-18-15(16(20)22)10-11-26-18/h10-14H,3-9H2,1-2H3,(H2,20,22)(H,21,23)/t12-,13?,14?/m1/s1. The molecule has 0 aliphatic heterocycles. The predicted octanol–water partition coefficient (Wildman–Crippen LogP) is 3.71. The van der Waals surface area contributed by atoms with Gasteiger partial charge in [0.2, 0.25) is 0 Å². The zero-order valence-corrected chi connectivity index (χ0v) is 16.3. The molecule has 0 aromatic carbocycles. The number of rotatable bonds is 8. The maximum atomic E-state index is 12.3. The van der Waals surface area contributed by atoms with Crippen LogP contribution < -0.4 is 11.1 Å². The fourth-order valence-electron chi connectivity index (χ4n) is 3.32. The minimum atomic E-state index is -0.914. The van der Waals surface area contributed by atoms with Crippen LogP contribution in [0.25, 0.3) is 0 Å². The van der Waals surface area contributed by atoms with Crippen LogP contribution in [-0.4, -0.2) is 23.9 Å². The molecule has 1 aromatic rings. The van der Waals surface area contributed by atoms with Gasteiger partial charge in [-0.2, -0.15) is 0 Å². The molecule has 0 unspecified atom stereocenters. The lowest BCUT2D eigenvalue weighted by Gasteiger charge is -2.27. The van der Waals surface area contributed by atoms with Gasteiger partial charge in [-0.25, -0.2) is 0 Å². The Bertz CT molecular complexity index is 635. The lowest BCUT2D eigenvalue weighted by atomic mass is 9.80. The molecule has 1 fully saturated rings. The van der Waals surface area contributed by atoms with Crippen molar-refractivity contribution >= 4 is 34.1 Å². The number of ether oxygens (including phenoxy) is 1. The Morgan fingerprint density at radius 1 is 1.31 bits per heavy atom. The first-order valence-electron chi connectivity index (χ1n) is 9.31. The highest BCUT2D eigenvalue weighted by molar-refractivity contribution is 7.14. The highest BCUT2D eigenvalue weighted by atomic mass is 32.1. The van der Waals surface area contributed by atoms with Crippen molar-refractivity contribution in [1.82, 2.24) is 0 Å². The van der Waals surface area contributed by atoms with Crippen molar-refractivity contribution in [3.8, 4) is 0 Å². The number of carbonyl (C=O) groups excluding carboxylic acids is 3. The van der Waals surface area contributed by atoms with Crippen molar-refractivity contribution in [1.29, 1.82) is 0 Å². The zero-order chi connectivity index (χ0) is 19.1.